The van der Waals surface area contributed by atoms with Crippen LogP contribution in [0.1, 0.15) is 13.8 Å². The normalized spacial score (nSPS) is 20.1. The van der Waals surface area contributed by atoms with Crippen LogP contribution in [-0.4, -0.2) is 52.0 Å². The highest BCUT2D eigenvalue weighted by Crippen LogP contribution is 2.19. The van der Waals surface area contributed by atoms with E-state index in [9.17, 15) is 9.59 Å². The lowest BCUT2D eigenvalue weighted by Gasteiger charge is -2.35. The molecule has 6 nitrogen and oxygen atoms in total. The Balaban J connectivity index is 2.37. The van der Waals surface area contributed by atoms with Gasteiger partial charge in [0.2, 0.25) is 0 Å². The Morgan fingerprint density at radius 3 is 2.22 bits per heavy atom. The van der Waals surface area contributed by atoms with Crippen molar-refractivity contribution in [3.8, 4) is 0 Å². The monoisotopic (exact) mass is 333 g/mol. The van der Waals surface area contributed by atoms with Crippen molar-refractivity contribution in [3.05, 3.63) is 47.9 Å². The summed E-state index contributed by atoms with van der Waals surface area (Å²) in [6.07, 6.45) is 10.4. The molecule has 0 aromatic heterocycles. The van der Waals surface area contributed by atoms with Gasteiger partial charge in [0, 0.05) is 19.3 Å². The maximum Gasteiger partial charge on any atom is 0.265 e. The molecule has 0 unspecified atom stereocenters. The third-order valence-electron chi connectivity index (χ3n) is 3.52. The van der Waals surface area contributed by atoms with E-state index in [0.29, 0.717) is 18.8 Å². The molecule has 2 amide bonds. The maximum absolute atomic E-state index is 12.5. The molecule has 0 aromatic rings. The van der Waals surface area contributed by atoms with Gasteiger partial charge in [0.1, 0.15) is 5.57 Å². The minimum atomic E-state index is -0.372. The molecular formula is C16H19N3O3S. The highest BCUT2D eigenvalue weighted by Gasteiger charge is 2.37. The SMILES string of the molecule is CCN1C(=O)C(=CC=C2C=CC=CN2OC)C(=O)N(CC)C1=S. The van der Waals surface area contributed by atoms with Gasteiger partial charge in [-0.05, 0) is 50.4 Å². The summed E-state index contributed by atoms with van der Waals surface area (Å²) in [6, 6.07) is 0. The van der Waals surface area contributed by atoms with Gasteiger partial charge in [-0.15, -0.1) is 0 Å². The van der Waals surface area contributed by atoms with Gasteiger partial charge >= 0.3 is 0 Å². The van der Waals surface area contributed by atoms with Crippen LogP contribution in [0.3, 0.4) is 0 Å². The van der Waals surface area contributed by atoms with Crippen LogP contribution >= 0.6 is 12.2 Å². The number of hydrogen-bond donors (Lipinski definition) is 0. The minimum absolute atomic E-state index is 0.0915. The lowest BCUT2D eigenvalue weighted by atomic mass is 10.1. The van der Waals surface area contributed by atoms with Gasteiger partial charge < -0.3 is 0 Å². The molecule has 0 radical (unpaired) electrons. The Kier molecular flexibility index (Phi) is 5.46. The van der Waals surface area contributed by atoms with Crippen molar-refractivity contribution < 1.29 is 14.4 Å². The number of carbonyl (C=O) groups excluding carboxylic acids is 2. The Morgan fingerprint density at radius 2 is 1.70 bits per heavy atom. The number of rotatable bonds is 4. The van der Waals surface area contributed by atoms with Crippen molar-refractivity contribution in [1.82, 2.24) is 14.9 Å². The molecule has 0 aliphatic carbocycles. The topological polar surface area (TPSA) is 53.1 Å². The Bertz CT molecular complexity index is 621. The molecular weight excluding hydrogens is 314 g/mol. The number of likely N-dealkylation sites (N-methyl/N-ethyl adjacent to an activating group) is 2. The molecule has 0 N–H and O–H groups in total. The zero-order valence-corrected chi connectivity index (χ0v) is 14.2. The number of thiocarbonyl (C=S) groups is 1. The predicted molar refractivity (Wildman–Crippen MR) is 90.7 cm³/mol. The summed E-state index contributed by atoms with van der Waals surface area (Å²) in [5.41, 5.74) is 0.802. The first-order valence-electron chi connectivity index (χ1n) is 7.33. The van der Waals surface area contributed by atoms with Gasteiger partial charge in [-0.1, -0.05) is 6.08 Å². The number of hydroxylamine groups is 2. The fourth-order valence-corrected chi connectivity index (χ4v) is 2.73. The molecule has 2 aliphatic heterocycles. The molecule has 2 aliphatic rings. The largest absolute Gasteiger partial charge is 0.285 e. The van der Waals surface area contributed by atoms with E-state index in [4.69, 9.17) is 17.1 Å². The average molecular weight is 333 g/mol. The summed E-state index contributed by atoms with van der Waals surface area (Å²) >= 11 is 5.22. The van der Waals surface area contributed by atoms with E-state index in [-0.39, 0.29) is 22.5 Å². The highest BCUT2D eigenvalue weighted by molar-refractivity contribution is 7.80. The average Bonchev–Trinajstić information content (AvgIpc) is 2.56. The molecule has 122 valence electrons. The Hall–Kier alpha value is -2.25. The van der Waals surface area contributed by atoms with E-state index in [2.05, 4.69) is 0 Å². The lowest BCUT2D eigenvalue weighted by molar-refractivity contribution is -0.133. The lowest BCUT2D eigenvalue weighted by Crippen LogP contribution is -2.55. The van der Waals surface area contributed by atoms with E-state index in [1.165, 1.54) is 28.0 Å². The maximum atomic E-state index is 12.5. The summed E-state index contributed by atoms with van der Waals surface area (Å²) in [7, 11) is 1.54. The zero-order chi connectivity index (χ0) is 17.0. The van der Waals surface area contributed by atoms with Gasteiger partial charge in [-0.2, -0.15) is 0 Å². The fourth-order valence-electron chi connectivity index (χ4n) is 2.31. The second-order valence-electron chi connectivity index (χ2n) is 4.76. The summed E-state index contributed by atoms with van der Waals surface area (Å²) in [4.78, 5) is 33.0. The third kappa shape index (κ3) is 3.25. The van der Waals surface area contributed by atoms with Gasteiger partial charge in [0.05, 0.1) is 12.8 Å². The molecule has 2 rings (SSSR count). The fraction of sp³-hybridized carbons (Fsp3) is 0.312. The van der Waals surface area contributed by atoms with Crippen molar-refractivity contribution >= 4 is 29.1 Å². The first-order valence-corrected chi connectivity index (χ1v) is 7.73. The first kappa shape index (κ1) is 17.1. The van der Waals surface area contributed by atoms with E-state index >= 15 is 0 Å². The van der Waals surface area contributed by atoms with Gasteiger partial charge in [0.15, 0.2) is 5.11 Å². The van der Waals surface area contributed by atoms with Gasteiger partial charge in [0.25, 0.3) is 11.8 Å². The Morgan fingerprint density at radius 1 is 1.09 bits per heavy atom. The minimum Gasteiger partial charge on any atom is -0.285 e. The quantitative estimate of drug-likeness (QED) is 0.446. The summed E-state index contributed by atoms with van der Waals surface area (Å²) in [6.45, 7) is 4.49. The van der Waals surface area contributed by atoms with Crippen LogP contribution in [0.25, 0.3) is 0 Å². The molecule has 0 saturated carbocycles. The summed E-state index contributed by atoms with van der Waals surface area (Å²) in [5.74, 6) is -0.744. The van der Waals surface area contributed by atoms with Crippen molar-refractivity contribution in [1.29, 1.82) is 0 Å². The standard InChI is InChI=1S/C16H19N3O3S/c1-4-17-14(20)13(15(21)18(5-2)16(17)23)10-9-12-8-6-7-11-19(12)22-3/h6-11H,4-5H2,1-3H3. The molecule has 0 atom stereocenters. The molecule has 2 heterocycles. The molecule has 7 heteroatoms. The van der Waals surface area contributed by atoms with Crippen molar-refractivity contribution in [3.63, 3.8) is 0 Å². The van der Waals surface area contributed by atoms with Crippen LogP contribution in [0.2, 0.25) is 0 Å². The van der Waals surface area contributed by atoms with Crippen molar-refractivity contribution in [2.24, 2.45) is 0 Å². The molecule has 1 fully saturated rings. The molecule has 23 heavy (non-hydrogen) atoms. The second-order valence-corrected chi connectivity index (χ2v) is 5.13. The highest BCUT2D eigenvalue weighted by atomic mass is 32.1. The molecule has 0 spiro atoms. The van der Waals surface area contributed by atoms with Crippen LogP contribution in [-0.2, 0) is 14.4 Å². The number of nitrogens with zero attached hydrogens (tertiary/aromatic N) is 3. The van der Waals surface area contributed by atoms with Gasteiger partial charge in [-0.3, -0.25) is 24.2 Å². The van der Waals surface area contributed by atoms with E-state index in [1.807, 2.05) is 32.1 Å². The second kappa shape index (κ2) is 7.34. The van der Waals surface area contributed by atoms with Gasteiger partial charge in [-0.25, -0.2) is 5.06 Å². The van der Waals surface area contributed by atoms with E-state index in [0.717, 1.165) is 0 Å². The molecule has 0 aromatic carbocycles. The smallest absolute Gasteiger partial charge is 0.265 e. The first-order chi connectivity index (χ1) is 11.0. The van der Waals surface area contributed by atoms with Crippen molar-refractivity contribution in [2.75, 3.05) is 20.2 Å². The number of amides is 2. The van der Waals surface area contributed by atoms with Crippen molar-refractivity contribution in [2.45, 2.75) is 13.8 Å². The summed E-state index contributed by atoms with van der Waals surface area (Å²) < 4.78 is 0. The predicted octanol–water partition coefficient (Wildman–Crippen LogP) is 1.74. The number of allylic oxidation sites excluding steroid dienone is 5. The number of carbonyl (C=O) groups is 2. The molecule has 0 bridgehead atoms. The van der Waals surface area contributed by atoms with Crippen LogP contribution in [0.15, 0.2) is 47.9 Å². The molecule has 1 saturated heterocycles. The summed E-state index contributed by atoms with van der Waals surface area (Å²) in [5, 5.41) is 1.79. The van der Waals surface area contributed by atoms with E-state index < -0.39 is 0 Å². The van der Waals surface area contributed by atoms with Crippen LogP contribution in [0.4, 0.5) is 0 Å². The van der Waals surface area contributed by atoms with Crippen LogP contribution < -0.4 is 0 Å². The van der Waals surface area contributed by atoms with Crippen LogP contribution in [0, 0.1) is 0 Å². The van der Waals surface area contributed by atoms with Crippen LogP contribution in [0.5, 0.6) is 0 Å². The third-order valence-corrected chi connectivity index (χ3v) is 3.96. The van der Waals surface area contributed by atoms with E-state index in [1.54, 1.807) is 12.3 Å². The Labute approximate surface area is 140 Å². The zero-order valence-electron chi connectivity index (χ0n) is 13.4. The number of hydrogen-bond acceptors (Lipinski definition) is 5.